The first-order valence-corrected chi connectivity index (χ1v) is 7.10. The van der Waals surface area contributed by atoms with Crippen LogP contribution < -0.4 is 15.0 Å². The second kappa shape index (κ2) is 6.00. The fraction of sp³-hybridized carbons (Fsp3) is 0.429. The molecule has 0 saturated carbocycles. The van der Waals surface area contributed by atoms with Gasteiger partial charge in [0.1, 0.15) is 5.82 Å². The lowest BCUT2D eigenvalue weighted by Crippen LogP contribution is -2.29. The summed E-state index contributed by atoms with van der Waals surface area (Å²) >= 11 is 0. The molecule has 0 bridgehead atoms. The van der Waals surface area contributed by atoms with Crippen LogP contribution in [0.4, 0.5) is 11.8 Å². The Morgan fingerprint density at radius 1 is 1.45 bits per heavy atom. The molecular formula is C14H18N6O2. The monoisotopic (exact) mass is 302 g/mol. The van der Waals surface area contributed by atoms with Gasteiger partial charge in [-0.1, -0.05) is 13.0 Å². The van der Waals surface area contributed by atoms with Gasteiger partial charge in [0, 0.05) is 19.3 Å². The molecule has 0 spiro atoms. The van der Waals surface area contributed by atoms with Crippen LogP contribution in [0.15, 0.2) is 24.4 Å². The van der Waals surface area contributed by atoms with E-state index in [-0.39, 0.29) is 23.8 Å². The Bertz CT molecular complexity index is 644. The zero-order chi connectivity index (χ0) is 15.5. The zero-order valence-corrected chi connectivity index (χ0v) is 12.5. The maximum Gasteiger partial charge on any atom is 0.336 e. The third-order valence-corrected chi connectivity index (χ3v) is 3.81. The molecule has 116 valence electrons. The second-order valence-electron chi connectivity index (χ2n) is 5.34. The Hall–Kier alpha value is -2.64. The minimum absolute atomic E-state index is 0.0789. The molecular weight excluding hydrogens is 284 g/mol. The van der Waals surface area contributed by atoms with E-state index in [1.165, 1.54) is 7.11 Å². The average Bonchev–Trinajstić information content (AvgIpc) is 3.14. The molecule has 1 aliphatic heterocycles. The third-order valence-electron chi connectivity index (χ3n) is 3.81. The van der Waals surface area contributed by atoms with Gasteiger partial charge in [0.25, 0.3) is 0 Å². The van der Waals surface area contributed by atoms with Crippen molar-refractivity contribution in [2.24, 2.45) is 11.8 Å². The maximum atomic E-state index is 12.4. The number of rotatable bonds is 4. The van der Waals surface area contributed by atoms with Gasteiger partial charge in [0.15, 0.2) is 0 Å². The van der Waals surface area contributed by atoms with Gasteiger partial charge in [0.05, 0.1) is 13.0 Å². The van der Waals surface area contributed by atoms with Crippen LogP contribution in [-0.4, -0.2) is 46.3 Å². The predicted octanol–water partition coefficient (Wildman–Crippen LogP) is 0.919. The number of hydrogen-bond acceptors (Lipinski definition) is 6. The standard InChI is InChI=1S/C14H18N6O2/c1-9-7-20(11-5-3-4-6-15-11)8-10(9)12(21)16-13-17-14(22-2)19-18-13/h3-6,9-10H,7-8H2,1-2H3,(H2,16,17,18,19,21)/t9-,10-/m1/s1. The van der Waals surface area contributed by atoms with Crippen LogP contribution in [0, 0.1) is 11.8 Å². The van der Waals surface area contributed by atoms with E-state index < -0.39 is 0 Å². The molecule has 1 saturated heterocycles. The van der Waals surface area contributed by atoms with E-state index in [2.05, 4.69) is 37.3 Å². The van der Waals surface area contributed by atoms with Crippen LogP contribution in [0.25, 0.3) is 0 Å². The first-order chi connectivity index (χ1) is 10.7. The van der Waals surface area contributed by atoms with E-state index in [9.17, 15) is 4.79 Å². The van der Waals surface area contributed by atoms with E-state index >= 15 is 0 Å². The van der Waals surface area contributed by atoms with Crippen LogP contribution >= 0.6 is 0 Å². The first kappa shape index (κ1) is 14.3. The predicted molar refractivity (Wildman–Crippen MR) is 80.7 cm³/mol. The van der Waals surface area contributed by atoms with Crippen LogP contribution in [0.2, 0.25) is 0 Å². The van der Waals surface area contributed by atoms with Gasteiger partial charge in [0.2, 0.25) is 11.9 Å². The summed E-state index contributed by atoms with van der Waals surface area (Å²) in [6, 6.07) is 5.98. The lowest BCUT2D eigenvalue weighted by Gasteiger charge is -2.16. The summed E-state index contributed by atoms with van der Waals surface area (Å²) < 4.78 is 4.88. The van der Waals surface area contributed by atoms with Gasteiger partial charge >= 0.3 is 6.01 Å². The Labute approximate surface area is 127 Å². The molecule has 0 radical (unpaired) electrons. The lowest BCUT2D eigenvalue weighted by atomic mass is 9.97. The number of methoxy groups -OCH3 is 1. The Morgan fingerprint density at radius 3 is 3.00 bits per heavy atom. The lowest BCUT2D eigenvalue weighted by molar-refractivity contribution is -0.120. The summed E-state index contributed by atoms with van der Waals surface area (Å²) in [5, 5.41) is 9.17. The molecule has 3 heterocycles. The molecule has 1 aliphatic rings. The van der Waals surface area contributed by atoms with E-state index in [4.69, 9.17) is 4.74 Å². The van der Waals surface area contributed by atoms with Crippen molar-refractivity contribution in [3.8, 4) is 6.01 Å². The summed E-state index contributed by atoms with van der Waals surface area (Å²) in [6.07, 6.45) is 1.76. The first-order valence-electron chi connectivity index (χ1n) is 7.10. The largest absolute Gasteiger partial charge is 0.466 e. The molecule has 1 fully saturated rings. The molecule has 3 rings (SSSR count). The number of carbonyl (C=O) groups excluding carboxylic acids is 1. The van der Waals surface area contributed by atoms with E-state index in [1.807, 2.05) is 18.2 Å². The van der Waals surface area contributed by atoms with Crippen molar-refractivity contribution < 1.29 is 9.53 Å². The van der Waals surface area contributed by atoms with Crippen molar-refractivity contribution >= 4 is 17.7 Å². The molecule has 2 N–H and O–H groups in total. The number of pyridine rings is 1. The minimum Gasteiger partial charge on any atom is -0.466 e. The molecule has 0 aliphatic carbocycles. The van der Waals surface area contributed by atoms with E-state index in [1.54, 1.807) is 6.20 Å². The highest BCUT2D eigenvalue weighted by atomic mass is 16.5. The molecule has 0 unspecified atom stereocenters. The highest BCUT2D eigenvalue weighted by molar-refractivity contribution is 5.92. The molecule has 1 amide bonds. The minimum atomic E-state index is -0.127. The summed E-state index contributed by atoms with van der Waals surface area (Å²) in [5.41, 5.74) is 0. The van der Waals surface area contributed by atoms with E-state index in [0.29, 0.717) is 12.5 Å². The molecule has 2 aromatic heterocycles. The van der Waals surface area contributed by atoms with Gasteiger partial charge in [-0.3, -0.25) is 10.1 Å². The van der Waals surface area contributed by atoms with Crippen molar-refractivity contribution in [1.82, 2.24) is 20.2 Å². The van der Waals surface area contributed by atoms with Crippen molar-refractivity contribution in [3.05, 3.63) is 24.4 Å². The number of anilines is 2. The van der Waals surface area contributed by atoms with Gasteiger partial charge in [-0.05, 0) is 18.1 Å². The number of carbonyl (C=O) groups is 1. The fourth-order valence-electron chi connectivity index (χ4n) is 2.64. The summed E-state index contributed by atoms with van der Waals surface area (Å²) in [6.45, 7) is 3.50. The van der Waals surface area contributed by atoms with Crippen molar-refractivity contribution in [2.75, 3.05) is 30.4 Å². The van der Waals surface area contributed by atoms with E-state index in [0.717, 1.165) is 12.4 Å². The molecule has 22 heavy (non-hydrogen) atoms. The molecule has 8 heteroatoms. The molecule has 2 atom stereocenters. The fourth-order valence-corrected chi connectivity index (χ4v) is 2.64. The van der Waals surface area contributed by atoms with Crippen LogP contribution in [0.5, 0.6) is 6.01 Å². The SMILES string of the molecule is COc1n[nH]c(NC(=O)[C@@H]2CN(c3ccccn3)C[C@H]2C)n1. The highest BCUT2D eigenvalue weighted by Gasteiger charge is 2.35. The highest BCUT2D eigenvalue weighted by Crippen LogP contribution is 2.27. The molecule has 8 nitrogen and oxygen atoms in total. The van der Waals surface area contributed by atoms with Gasteiger partial charge < -0.3 is 9.64 Å². The van der Waals surface area contributed by atoms with Crippen LogP contribution in [0.1, 0.15) is 6.92 Å². The Kier molecular flexibility index (Phi) is 3.90. The third kappa shape index (κ3) is 2.85. The topological polar surface area (TPSA) is 96.0 Å². The van der Waals surface area contributed by atoms with Crippen molar-refractivity contribution in [1.29, 1.82) is 0 Å². The number of amides is 1. The quantitative estimate of drug-likeness (QED) is 0.872. The van der Waals surface area contributed by atoms with Gasteiger partial charge in [-0.2, -0.15) is 4.98 Å². The smallest absolute Gasteiger partial charge is 0.336 e. The number of aromatic nitrogens is 4. The zero-order valence-electron chi connectivity index (χ0n) is 12.5. The average molecular weight is 302 g/mol. The van der Waals surface area contributed by atoms with Crippen LogP contribution in [0.3, 0.4) is 0 Å². The summed E-state index contributed by atoms with van der Waals surface area (Å²) in [7, 11) is 1.47. The number of hydrogen-bond donors (Lipinski definition) is 2. The van der Waals surface area contributed by atoms with Gasteiger partial charge in [-0.25, -0.2) is 10.1 Å². The van der Waals surface area contributed by atoms with Crippen LogP contribution in [-0.2, 0) is 4.79 Å². The molecule has 0 aromatic carbocycles. The number of ether oxygens (including phenoxy) is 1. The maximum absolute atomic E-state index is 12.4. The second-order valence-corrected chi connectivity index (χ2v) is 5.34. The molecule has 2 aromatic rings. The van der Waals surface area contributed by atoms with Gasteiger partial charge in [-0.15, -0.1) is 5.10 Å². The number of nitrogens with one attached hydrogen (secondary N) is 2. The van der Waals surface area contributed by atoms with Crippen molar-refractivity contribution in [2.45, 2.75) is 6.92 Å². The Morgan fingerprint density at radius 2 is 2.32 bits per heavy atom. The Balaban J connectivity index is 1.65. The number of H-pyrrole nitrogens is 1. The summed E-state index contributed by atoms with van der Waals surface area (Å²) in [4.78, 5) is 22.9. The summed E-state index contributed by atoms with van der Waals surface area (Å²) in [5.74, 6) is 1.21. The van der Waals surface area contributed by atoms with Crippen molar-refractivity contribution in [3.63, 3.8) is 0 Å². The number of aromatic amines is 1. The normalized spacial score (nSPS) is 20.9. The number of nitrogens with zero attached hydrogens (tertiary/aromatic N) is 4.